The largest absolute Gasteiger partial charge is 2.00 e. The van der Waals surface area contributed by atoms with Gasteiger partial charge < -0.3 is 60.0 Å². The van der Waals surface area contributed by atoms with Gasteiger partial charge >= 0.3 is 34.1 Å². The van der Waals surface area contributed by atoms with Crippen molar-refractivity contribution < 1.29 is 94.2 Å². The van der Waals surface area contributed by atoms with Gasteiger partial charge in [0.1, 0.15) is 23.0 Å². The summed E-state index contributed by atoms with van der Waals surface area (Å²) in [6, 6.07) is 36.2. The Morgan fingerprint density at radius 1 is 0.306 bits per heavy atom. The maximum Gasteiger partial charge on any atom is 2.00 e. The zero-order valence-electron chi connectivity index (χ0n) is 31.6. The van der Waals surface area contributed by atoms with Gasteiger partial charge in [0.2, 0.25) is 0 Å². The maximum atomic E-state index is 10.1. The minimum absolute atomic E-state index is 0. The molecular weight excluding hydrogens is 904 g/mol. The van der Waals surface area contributed by atoms with Gasteiger partial charge in [-0.05, 0) is 144 Å². The van der Waals surface area contributed by atoms with E-state index in [-0.39, 0.29) is 79.4 Å². The first-order valence-corrected chi connectivity index (χ1v) is 17.1. The summed E-state index contributed by atoms with van der Waals surface area (Å²) in [6.45, 7) is 0. The summed E-state index contributed by atoms with van der Waals surface area (Å²) in [7, 11) is 0. The fraction of sp³-hybridized carbons (Fsp3) is 0. The second-order valence-corrected chi connectivity index (χ2v) is 11.4. The first kappa shape index (κ1) is 52.1. The molecule has 0 fully saturated rings. The molecule has 0 bridgehead atoms. The smallest absolute Gasteiger partial charge is 0.545 e. The van der Waals surface area contributed by atoms with Gasteiger partial charge in [-0.25, -0.2) is 0 Å². The first-order chi connectivity index (χ1) is 28.7. The molecule has 322 valence electrons. The number of carboxylic acid groups (broad SMARTS) is 4. The molecule has 6 aromatic carbocycles. The number of aromatic nitrogens is 4. The molecule has 0 spiro atoms. The van der Waals surface area contributed by atoms with E-state index in [1.807, 2.05) is 48.5 Å². The van der Waals surface area contributed by atoms with Crippen molar-refractivity contribution >= 4 is 45.9 Å². The number of hydrogen-bond acceptors (Lipinski definition) is 16. The molecule has 4 N–H and O–H groups in total. The molecule has 0 saturated heterocycles. The molecule has 0 unspecified atom stereocenters. The van der Waals surface area contributed by atoms with Crippen molar-refractivity contribution in [1.29, 1.82) is 0 Å². The summed E-state index contributed by atoms with van der Waals surface area (Å²) >= 11 is 0. The van der Waals surface area contributed by atoms with E-state index in [1.165, 1.54) is 97.1 Å². The predicted octanol–water partition coefficient (Wildman–Crippen LogP) is 2.28. The quantitative estimate of drug-likeness (QED) is 0.184. The summed E-state index contributed by atoms with van der Waals surface area (Å²) in [6.07, 6.45) is 6.79. The molecule has 2 aromatic heterocycles. The molecular formula is C44H32Cu2N4O12. The molecule has 0 amide bonds. The van der Waals surface area contributed by atoms with Gasteiger partial charge in [0.05, 0.1) is 45.9 Å². The summed E-state index contributed by atoms with van der Waals surface area (Å²) in [5, 5.41) is 75.4. The van der Waals surface area contributed by atoms with Crippen molar-refractivity contribution in [3.05, 3.63) is 193 Å². The number of nitrogens with zero attached hydrogens (tertiary/aromatic N) is 4. The van der Waals surface area contributed by atoms with E-state index in [9.17, 15) is 39.6 Å². The first-order valence-electron chi connectivity index (χ1n) is 17.1. The molecule has 8 rings (SSSR count). The van der Waals surface area contributed by atoms with E-state index in [1.54, 1.807) is 24.8 Å². The molecule has 16 nitrogen and oxygen atoms in total. The fourth-order valence-corrected chi connectivity index (χ4v) is 4.21. The van der Waals surface area contributed by atoms with Crippen molar-refractivity contribution in [3.63, 3.8) is 0 Å². The van der Waals surface area contributed by atoms with Crippen LogP contribution in [0.25, 0.3) is 22.1 Å². The Balaban J connectivity index is 0.000000370. The number of benzene rings is 6. The molecule has 2 heterocycles. The van der Waals surface area contributed by atoms with Crippen molar-refractivity contribution in [2.75, 3.05) is 0 Å². The van der Waals surface area contributed by atoms with Crippen LogP contribution in [0, 0.1) is 0 Å². The standard InChI is InChI=1S/2C8H6N2.4C7H6O3.2Cu/c2*1-2-4-8-7(3-1)9-5-6-10-8;4*8-6-3-1-5(2-4-6)7(9)10;;/h2*1-6H;4*1-4,8H,(H,9,10);;/q;;;;;;2*+2/p-4. The number of carbonyl (C=O) groups excluding carboxylic acids is 4. The van der Waals surface area contributed by atoms with Crippen LogP contribution in [0.1, 0.15) is 41.4 Å². The number of para-hydroxylation sites is 4. The molecule has 0 atom stereocenters. The van der Waals surface area contributed by atoms with Crippen LogP contribution < -0.4 is 20.4 Å². The van der Waals surface area contributed by atoms with E-state index in [0.29, 0.717) is 0 Å². The number of fused-ring (bicyclic) bond motifs is 2. The number of aromatic carboxylic acids is 4. The predicted molar refractivity (Wildman–Crippen MR) is 209 cm³/mol. The molecule has 0 aliphatic rings. The normalized spacial score (nSPS) is 9.16. The Hall–Kier alpha value is -7.88. The Kier molecular flexibility index (Phi) is 23.3. The second-order valence-electron chi connectivity index (χ2n) is 11.4. The maximum absolute atomic E-state index is 10.1. The molecule has 18 heteroatoms. The Morgan fingerprint density at radius 2 is 0.468 bits per heavy atom. The van der Waals surface area contributed by atoms with E-state index in [4.69, 9.17) is 20.4 Å². The molecule has 2 radical (unpaired) electrons. The number of phenolic OH excluding ortho intramolecular Hbond substituents is 4. The van der Waals surface area contributed by atoms with Crippen LogP contribution in [0.2, 0.25) is 0 Å². The van der Waals surface area contributed by atoms with Crippen LogP contribution in [-0.2, 0) is 34.1 Å². The van der Waals surface area contributed by atoms with Gasteiger partial charge in [-0.3, -0.25) is 19.9 Å². The van der Waals surface area contributed by atoms with Gasteiger partial charge in [-0.1, -0.05) is 24.3 Å². The molecule has 0 aliphatic carbocycles. The van der Waals surface area contributed by atoms with Crippen LogP contribution in [0.5, 0.6) is 23.0 Å². The molecule has 62 heavy (non-hydrogen) atoms. The van der Waals surface area contributed by atoms with Gasteiger partial charge in [0, 0.05) is 24.8 Å². The average Bonchev–Trinajstić information content (AvgIpc) is 3.25. The number of hydrogen-bond donors (Lipinski definition) is 4. The van der Waals surface area contributed by atoms with Gasteiger partial charge in [-0.2, -0.15) is 0 Å². The van der Waals surface area contributed by atoms with E-state index < -0.39 is 23.9 Å². The number of rotatable bonds is 4. The van der Waals surface area contributed by atoms with Gasteiger partial charge in [-0.15, -0.1) is 0 Å². The van der Waals surface area contributed by atoms with Crippen LogP contribution in [-0.4, -0.2) is 64.2 Å². The topological polar surface area (TPSA) is 293 Å². The monoisotopic (exact) mass is 934 g/mol. The van der Waals surface area contributed by atoms with Crippen molar-refractivity contribution in [2.24, 2.45) is 0 Å². The minimum Gasteiger partial charge on any atom is -0.545 e. The van der Waals surface area contributed by atoms with Crippen LogP contribution in [0.3, 0.4) is 0 Å². The number of carbonyl (C=O) groups is 4. The van der Waals surface area contributed by atoms with Gasteiger partial charge in [0.25, 0.3) is 0 Å². The Labute approximate surface area is 374 Å². The van der Waals surface area contributed by atoms with Crippen LogP contribution in [0.15, 0.2) is 170 Å². The summed E-state index contributed by atoms with van der Waals surface area (Å²) in [5.74, 6) is -4.76. The summed E-state index contributed by atoms with van der Waals surface area (Å²) < 4.78 is 0. The summed E-state index contributed by atoms with van der Waals surface area (Å²) in [5.41, 5.74) is 4.07. The third-order valence-electron chi connectivity index (χ3n) is 7.16. The SMILES string of the molecule is O=C([O-])c1ccc(O)cc1.O=C([O-])c1ccc(O)cc1.O=C([O-])c1ccc(O)cc1.O=C([O-])c1ccc(O)cc1.[Cu+2].[Cu+2].c1ccc2nccnc2c1.c1ccc2nccnc2c1. The zero-order chi connectivity index (χ0) is 43.9. The minimum atomic E-state index is -1.24. The van der Waals surface area contributed by atoms with Crippen molar-refractivity contribution in [3.8, 4) is 23.0 Å². The zero-order valence-corrected chi connectivity index (χ0v) is 33.5. The van der Waals surface area contributed by atoms with Crippen molar-refractivity contribution in [2.45, 2.75) is 0 Å². The molecule has 0 aliphatic heterocycles. The number of carboxylic acids is 4. The molecule has 0 saturated carbocycles. The Morgan fingerprint density at radius 3 is 0.613 bits per heavy atom. The average molecular weight is 936 g/mol. The molecule has 8 aromatic rings. The number of aromatic hydroxyl groups is 4. The van der Waals surface area contributed by atoms with E-state index in [0.717, 1.165) is 22.1 Å². The third kappa shape index (κ3) is 19.2. The fourth-order valence-electron chi connectivity index (χ4n) is 4.21. The van der Waals surface area contributed by atoms with E-state index >= 15 is 0 Å². The van der Waals surface area contributed by atoms with Crippen LogP contribution in [0.4, 0.5) is 0 Å². The third-order valence-corrected chi connectivity index (χ3v) is 7.16. The number of phenols is 4. The summed E-state index contributed by atoms with van der Waals surface area (Å²) in [4.78, 5) is 57.0. The second kappa shape index (κ2) is 27.7. The Bertz CT molecular complexity index is 2180. The van der Waals surface area contributed by atoms with Gasteiger partial charge in [0.15, 0.2) is 0 Å². The van der Waals surface area contributed by atoms with Crippen molar-refractivity contribution in [1.82, 2.24) is 19.9 Å². The van der Waals surface area contributed by atoms with E-state index in [2.05, 4.69) is 19.9 Å². The van der Waals surface area contributed by atoms with Crippen LogP contribution >= 0.6 is 0 Å².